The molecule has 2 heterocycles. The summed E-state index contributed by atoms with van der Waals surface area (Å²) < 4.78 is 2.49. The van der Waals surface area contributed by atoms with Gasteiger partial charge in [0.25, 0.3) is 0 Å². The van der Waals surface area contributed by atoms with Gasteiger partial charge in [0.1, 0.15) is 11.8 Å². The maximum atomic E-state index is 9.75. The van der Waals surface area contributed by atoms with Crippen molar-refractivity contribution >= 4 is 5.96 Å². The van der Waals surface area contributed by atoms with Crippen molar-refractivity contribution in [3.63, 3.8) is 0 Å². The molecule has 0 aliphatic carbocycles. The molecule has 0 aromatic heterocycles. The Bertz CT molecular complexity index is 638. The molecule has 0 bridgehead atoms. The van der Waals surface area contributed by atoms with E-state index in [-0.39, 0.29) is 0 Å². The van der Waals surface area contributed by atoms with E-state index in [0.29, 0.717) is 11.8 Å². The predicted molar refractivity (Wildman–Crippen MR) is 108 cm³/mol. The standard InChI is InChI=1S/C22H35N3O/c1-16(2)5-4-6-17(3)9-12-23-22-24-13-10-21-20-8-7-19(26)15-18(20)11-14-25(21)22/h7-8,15-17,21H,4-6,9-14H2,1-3H3,(H2,23,24,26)/p+1. The lowest BCUT2D eigenvalue weighted by Crippen LogP contribution is -2.52. The molecule has 0 saturated heterocycles. The minimum absolute atomic E-state index is 0.389. The second kappa shape index (κ2) is 8.79. The zero-order chi connectivity index (χ0) is 18.5. The van der Waals surface area contributed by atoms with E-state index in [9.17, 15) is 5.11 Å². The average Bonchev–Trinajstić information content (AvgIpc) is 2.61. The molecule has 3 rings (SSSR count). The third-order valence-electron chi connectivity index (χ3n) is 5.89. The highest BCUT2D eigenvalue weighted by molar-refractivity contribution is 5.75. The third kappa shape index (κ3) is 4.72. The number of phenols is 1. The van der Waals surface area contributed by atoms with Crippen molar-refractivity contribution in [3.05, 3.63) is 29.3 Å². The molecule has 3 N–H and O–H groups in total. The Morgan fingerprint density at radius 3 is 2.88 bits per heavy atom. The van der Waals surface area contributed by atoms with Crippen LogP contribution in [-0.2, 0) is 6.42 Å². The van der Waals surface area contributed by atoms with Crippen molar-refractivity contribution in [2.45, 2.75) is 65.3 Å². The first-order chi connectivity index (χ1) is 12.5. The molecule has 0 amide bonds. The van der Waals surface area contributed by atoms with Crippen molar-refractivity contribution in [1.82, 2.24) is 10.6 Å². The molecule has 2 aliphatic heterocycles. The molecular formula is C22H36N3O+. The fourth-order valence-corrected chi connectivity index (χ4v) is 4.33. The fourth-order valence-electron chi connectivity index (χ4n) is 4.33. The molecule has 26 heavy (non-hydrogen) atoms. The van der Waals surface area contributed by atoms with Crippen molar-refractivity contribution in [3.8, 4) is 5.75 Å². The Hall–Kier alpha value is -1.71. The first-order valence-electron chi connectivity index (χ1n) is 10.5. The van der Waals surface area contributed by atoms with E-state index >= 15 is 0 Å². The normalized spacial score (nSPS) is 20.4. The lowest BCUT2D eigenvalue weighted by molar-refractivity contribution is -0.584. The third-order valence-corrected chi connectivity index (χ3v) is 5.89. The van der Waals surface area contributed by atoms with Gasteiger partial charge in [0.2, 0.25) is 0 Å². The number of hydrogen-bond acceptors (Lipinski definition) is 3. The van der Waals surface area contributed by atoms with Crippen LogP contribution in [0.2, 0.25) is 0 Å². The number of rotatable bonds is 7. The Morgan fingerprint density at radius 1 is 1.23 bits per heavy atom. The number of benzene rings is 1. The summed E-state index contributed by atoms with van der Waals surface area (Å²) in [6.07, 6.45) is 7.39. The first-order valence-corrected chi connectivity index (χ1v) is 10.5. The molecule has 144 valence electrons. The highest BCUT2D eigenvalue weighted by Gasteiger charge is 2.32. The van der Waals surface area contributed by atoms with Crippen LogP contribution in [0.3, 0.4) is 0 Å². The highest BCUT2D eigenvalue weighted by Crippen LogP contribution is 2.32. The molecule has 2 aliphatic rings. The largest absolute Gasteiger partial charge is 0.508 e. The van der Waals surface area contributed by atoms with Gasteiger partial charge >= 0.3 is 5.96 Å². The lowest BCUT2D eigenvalue weighted by atomic mass is 9.91. The number of aromatic hydroxyl groups is 1. The summed E-state index contributed by atoms with van der Waals surface area (Å²) in [5.41, 5.74) is 2.70. The van der Waals surface area contributed by atoms with Gasteiger partial charge in [0.05, 0.1) is 19.6 Å². The molecule has 2 unspecified atom stereocenters. The molecular weight excluding hydrogens is 322 g/mol. The molecule has 4 nitrogen and oxygen atoms in total. The van der Waals surface area contributed by atoms with Crippen LogP contribution in [0.4, 0.5) is 0 Å². The fraction of sp³-hybridized carbons (Fsp3) is 0.682. The number of nitrogens with zero attached hydrogens (tertiary/aromatic N) is 1. The van der Waals surface area contributed by atoms with Crippen LogP contribution >= 0.6 is 0 Å². The van der Waals surface area contributed by atoms with Crippen LogP contribution in [0.5, 0.6) is 5.75 Å². The van der Waals surface area contributed by atoms with Gasteiger partial charge in [-0.15, -0.1) is 0 Å². The number of guanidine groups is 1. The van der Waals surface area contributed by atoms with Gasteiger partial charge in [-0.2, -0.15) is 0 Å². The van der Waals surface area contributed by atoms with Gasteiger partial charge in [-0.3, -0.25) is 15.2 Å². The summed E-state index contributed by atoms with van der Waals surface area (Å²) in [6, 6.07) is 6.32. The zero-order valence-electron chi connectivity index (χ0n) is 16.7. The van der Waals surface area contributed by atoms with Crippen molar-refractivity contribution in [2.75, 3.05) is 19.6 Å². The SMILES string of the molecule is CC(C)CCCC(C)CCNC1=[N+]2CCc3cc(O)ccc3C2CCN1. The smallest absolute Gasteiger partial charge is 0.346 e. The average molecular weight is 359 g/mol. The van der Waals surface area contributed by atoms with Gasteiger partial charge in [-0.05, 0) is 41.5 Å². The monoisotopic (exact) mass is 358 g/mol. The van der Waals surface area contributed by atoms with E-state index in [1.807, 2.05) is 12.1 Å². The van der Waals surface area contributed by atoms with E-state index in [2.05, 4.69) is 42.0 Å². The van der Waals surface area contributed by atoms with Gasteiger partial charge < -0.3 is 5.11 Å². The molecule has 0 radical (unpaired) electrons. The molecule has 1 aromatic carbocycles. The molecule has 0 fully saturated rings. The Kier molecular flexibility index (Phi) is 6.44. The highest BCUT2D eigenvalue weighted by atomic mass is 16.3. The van der Waals surface area contributed by atoms with Gasteiger partial charge in [-0.1, -0.05) is 46.1 Å². The van der Waals surface area contributed by atoms with E-state index in [1.54, 1.807) is 0 Å². The summed E-state index contributed by atoms with van der Waals surface area (Å²) in [4.78, 5) is 0. The Morgan fingerprint density at radius 2 is 2.08 bits per heavy atom. The van der Waals surface area contributed by atoms with Crippen LogP contribution in [0.25, 0.3) is 0 Å². The van der Waals surface area contributed by atoms with Crippen molar-refractivity contribution < 1.29 is 9.68 Å². The zero-order valence-corrected chi connectivity index (χ0v) is 16.7. The minimum Gasteiger partial charge on any atom is -0.508 e. The van der Waals surface area contributed by atoms with Crippen LogP contribution < -0.4 is 10.6 Å². The van der Waals surface area contributed by atoms with Gasteiger partial charge in [-0.25, -0.2) is 0 Å². The van der Waals surface area contributed by atoms with Crippen LogP contribution in [0.1, 0.15) is 70.0 Å². The Balaban J connectivity index is 1.56. The Labute approximate surface area is 158 Å². The molecule has 0 spiro atoms. The van der Waals surface area contributed by atoms with Crippen LogP contribution in [-0.4, -0.2) is 35.3 Å². The maximum absolute atomic E-state index is 9.75. The summed E-state index contributed by atoms with van der Waals surface area (Å²) in [6.45, 7) is 10.1. The lowest BCUT2D eigenvalue weighted by Gasteiger charge is -2.32. The van der Waals surface area contributed by atoms with E-state index < -0.39 is 0 Å². The first kappa shape index (κ1) is 19.1. The second-order valence-electron chi connectivity index (χ2n) is 8.55. The summed E-state index contributed by atoms with van der Waals surface area (Å²) in [7, 11) is 0. The van der Waals surface area contributed by atoms with E-state index in [1.165, 1.54) is 42.8 Å². The molecule has 1 aromatic rings. The van der Waals surface area contributed by atoms with Gasteiger partial charge in [0.15, 0.2) is 0 Å². The van der Waals surface area contributed by atoms with E-state index in [4.69, 9.17) is 0 Å². The van der Waals surface area contributed by atoms with Crippen molar-refractivity contribution in [2.24, 2.45) is 11.8 Å². The quantitative estimate of drug-likeness (QED) is 0.650. The number of nitrogens with one attached hydrogen (secondary N) is 2. The molecule has 0 saturated carbocycles. The number of phenolic OH excluding ortho intramolecular Hbond substituents is 1. The predicted octanol–water partition coefficient (Wildman–Crippen LogP) is 3.79. The van der Waals surface area contributed by atoms with Gasteiger partial charge in [0, 0.05) is 12.8 Å². The van der Waals surface area contributed by atoms with Crippen LogP contribution in [0, 0.1) is 11.8 Å². The van der Waals surface area contributed by atoms with E-state index in [0.717, 1.165) is 44.3 Å². The molecule has 2 atom stereocenters. The minimum atomic E-state index is 0.389. The number of hydrogen-bond donors (Lipinski definition) is 3. The van der Waals surface area contributed by atoms with Crippen LogP contribution in [0.15, 0.2) is 18.2 Å². The summed E-state index contributed by atoms with van der Waals surface area (Å²) in [5.74, 6) is 3.20. The topological polar surface area (TPSA) is 47.3 Å². The maximum Gasteiger partial charge on any atom is 0.346 e. The summed E-state index contributed by atoms with van der Waals surface area (Å²) >= 11 is 0. The molecule has 4 heteroatoms. The number of fused-ring (bicyclic) bond motifs is 3. The summed E-state index contributed by atoms with van der Waals surface area (Å²) in [5, 5.41) is 17.0. The second-order valence-corrected chi connectivity index (χ2v) is 8.55. The van der Waals surface area contributed by atoms with Crippen molar-refractivity contribution in [1.29, 1.82) is 0 Å².